The number of aryl methyl sites for hydroxylation is 2. The van der Waals surface area contributed by atoms with E-state index in [4.69, 9.17) is 14.2 Å². The second kappa shape index (κ2) is 6.37. The Bertz CT molecular complexity index is 633. The molecule has 4 nitrogen and oxygen atoms in total. The van der Waals surface area contributed by atoms with Gasteiger partial charge < -0.3 is 19.3 Å². The number of aliphatic hydroxyl groups excluding tert-OH is 1. The first-order chi connectivity index (χ1) is 10.0. The lowest BCUT2D eigenvalue weighted by Crippen LogP contribution is -2.03. The first-order valence-electron chi connectivity index (χ1n) is 6.56. The SMILES string of the molecule is COc1cc(OC)c(C(O)c2sc(C)cc2C)cc1OC. The Morgan fingerprint density at radius 3 is 1.95 bits per heavy atom. The van der Waals surface area contributed by atoms with Crippen LogP contribution in [-0.4, -0.2) is 26.4 Å². The summed E-state index contributed by atoms with van der Waals surface area (Å²) < 4.78 is 16.0. The summed E-state index contributed by atoms with van der Waals surface area (Å²) >= 11 is 1.58. The van der Waals surface area contributed by atoms with Gasteiger partial charge in [0.1, 0.15) is 11.9 Å². The van der Waals surface area contributed by atoms with Crippen molar-refractivity contribution in [3.05, 3.63) is 39.1 Å². The second-order valence-electron chi connectivity index (χ2n) is 4.76. The van der Waals surface area contributed by atoms with Gasteiger partial charge in [-0.1, -0.05) is 0 Å². The van der Waals surface area contributed by atoms with E-state index in [1.54, 1.807) is 44.8 Å². The molecule has 0 aliphatic heterocycles. The Kier molecular flexibility index (Phi) is 4.75. The molecule has 0 saturated heterocycles. The molecule has 2 rings (SSSR count). The van der Waals surface area contributed by atoms with E-state index >= 15 is 0 Å². The molecular weight excluding hydrogens is 288 g/mol. The van der Waals surface area contributed by atoms with E-state index in [0.29, 0.717) is 22.8 Å². The average Bonchev–Trinajstić information content (AvgIpc) is 2.83. The van der Waals surface area contributed by atoms with Crippen LogP contribution < -0.4 is 14.2 Å². The predicted molar refractivity (Wildman–Crippen MR) is 84.0 cm³/mol. The predicted octanol–water partition coefficient (Wildman–Crippen LogP) is 3.47. The molecule has 21 heavy (non-hydrogen) atoms. The Hall–Kier alpha value is -1.72. The summed E-state index contributed by atoms with van der Waals surface area (Å²) in [5.41, 5.74) is 1.74. The highest BCUT2D eigenvalue weighted by atomic mass is 32.1. The third kappa shape index (κ3) is 2.99. The standard InChI is InChI=1S/C16H20O4S/c1-9-6-10(2)21-16(9)15(17)11-7-13(19-4)14(20-5)8-12(11)18-3/h6-8,15,17H,1-5H3. The maximum atomic E-state index is 10.7. The number of rotatable bonds is 5. The fourth-order valence-corrected chi connectivity index (χ4v) is 3.38. The van der Waals surface area contributed by atoms with E-state index in [1.165, 1.54) is 4.88 Å². The summed E-state index contributed by atoms with van der Waals surface area (Å²) in [7, 11) is 4.71. The van der Waals surface area contributed by atoms with Crippen molar-refractivity contribution >= 4 is 11.3 Å². The van der Waals surface area contributed by atoms with E-state index in [2.05, 4.69) is 6.07 Å². The number of methoxy groups -OCH3 is 3. The molecule has 0 aliphatic carbocycles. The highest BCUT2D eigenvalue weighted by molar-refractivity contribution is 7.12. The van der Waals surface area contributed by atoms with Crippen LogP contribution in [0.25, 0.3) is 0 Å². The van der Waals surface area contributed by atoms with Crippen molar-refractivity contribution in [2.45, 2.75) is 20.0 Å². The maximum absolute atomic E-state index is 10.7. The third-order valence-corrected chi connectivity index (χ3v) is 4.56. The molecule has 2 aromatic rings. The van der Waals surface area contributed by atoms with Crippen LogP contribution in [-0.2, 0) is 0 Å². The van der Waals surface area contributed by atoms with Gasteiger partial charge in [-0.05, 0) is 31.5 Å². The van der Waals surface area contributed by atoms with Crippen LogP contribution in [0.15, 0.2) is 18.2 Å². The number of aliphatic hydroxyl groups is 1. The van der Waals surface area contributed by atoms with Crippen LogP contribution in [0, 0.1) is 13.8 Å². The largest absolute Gasteiger partial charge is 0.496 e. The summed E-state index contributed by atoms with van der Waals surface area (Å²) in [5.74, 6) is 1.72. The Balaban J connectivity index is 2.53. The van der Waals surface area contributed by atoms with Crippen molar-refractivity contribution in [2.24, 2.45) is 0 Å². The lowest BCUT2D eigenvalue weighted by Gasteiger charge is -2.18. The second-order valence-corrected chi connectivity index (χ2v) is 6.04. The van der Waals surface area contributed by atoms with Crippen molar-refractivity contribution in [2.75, 3.05) is 21.3 Å². The number of ether oxygens (including phenoxy) is 3. The molecule has 1 unspecified atom stereocenters. The molecule has 0 aliphatic rings. The van der Waals surface area contributed by atoms with Crippen LogP contribution in [0.3, 0.4) is 0 Å². The van der Waals surface area contributed by atoms with Crippen molar-refractivity contribution in [1.82, 2.24) is 0 Å². The molecule has 5 heteroatoms. The first-order valence-corrected chi connectivity index (χ1v) is 7.38. The average molecular weight is 308 g/mol. The normalized spacial score (nSPS) is 12.1. The monoisotopic (exact) mass is 308 g/mol. The van der Waals surface area contributed by atoms with Crippen molar-refractivity contribution < 1.29 is 19.3 Å². The zero-order valence-electron chi connectivity index (χ0n) is 12.9. The quantitative estimate of drug-likeness (QED) is 0.919. The van der Waals surface area contributed by atoms with Crippen molar-refractivity contribution in [3.63, 3.8) is 0 Å². The van der Waals surface area contributed by atoms with Crippen molar-refractivity contribution in [3.8, 4) is 17.2 Å². The Morgan fingerprint density at radius 2 is 1.48 bits per heavy atom. The van der Waals surface area contributed by atoms with E-state index < -0.39 is 6.10 Å². The molecule has 0 amide bonds. The van der Waals surface area contributed by atoms with Crippen LogP contribution in [0.1, 0.15) is 27.0 Å². The number of hydrogen-bond acceptors (Lipinski definition) is 5. The highest BCUT2D eigenvalue weighted by Gasteiger charge is 2.22. The zero-order valence-corrected chi connectivity index (χ0v) is 13.7. The van der Waals surface area contributed by atoms with E-state index in [1.807, 2.05) is 13.8 Å². The fourth-order valence-electron chi connectivity index (χ4n) is 2.34. The Morgan fingerprint density at radius 1 is 0.905 bits per heavy atom. The lowest BCUT2D eigenvalue weighted by atomic mass is 10.0. The summed E-state index contributed by atoms with van der Waals surface area (Å²) in [6.45, 7) is 4.02. The molecule has 0 spiro atoms. The smallest absolute Gasteiger partial charge is 0.164 e. The van der Waals surface area contributed by atoms with E-state index in [0.717, 1.165) is 10.4 Å². The Labute approximate surface area is 128 Å². The first kappa shape index (κ1) is 15.7. The molecule has 0 saturated carbocycles. The van der Waals surface area contributed by atoms with Gasteiger partial charge in [0.05, 0.1) is 21.3 Å². The van der Waals surface area contributed by atoms with E-state index in [9.17, 15) is 5.11 Å². The van der Waals surface area contributed by atoms with Crippen LogP contribution >= 0.6 is 11.3 Å². The van der Waals surface area contributed by atoms with Gasteiger partial charge in [-0.2, -0.15) is 0 Å². The molecule has 0 fully saturated rings. The molecule has 0 bridgehead atoms. The van der Waals surface area contributed by atoms with Gasteiger partial charge >= 0.3 is 0 Å². The van der Waals surface area contributed by atoms with Gasteiger partial charge in [-0.3, -0.25) is 0 Å². The minimum Gasteiger partial charge on any atom is -0.496 e. The topological polar surface area (TPSA) is 47.9 Å². The fraction of sp³-hybridized carbons (Fsp3) is 0.375. The third-order valence-electron chi connectivity index (χ3n) is 3.36. The van der Waals surface area contributed by atoms with E-state index in [-0.39, 0.29) is 0 Å². The van der Waals surface area contributed by atoms with Gasteiger partial charge in [0.15, 0.2) is 11.5 Å². The molecule has 1 aromatic heterocycles. The lowest BCUT2D eigenvalue weighted by molar-refractivity contribution is 0.216. The minimum atomic E-state index is -0.751. The summed E-state index contributed by atoms with van der Waals surface area (Å²) in [4.78, 5) is 2.08. The molecule has 114 valence electrons. The highest BCUT2D eigenvalue weighted by Crippen LogP contribution is 2.41. The van der Waals surface area contributed by atoms with Gasteiger partial charge in [0.25, 0.3) is 0 Å². The maximum Gasteiger partial charge on any atom is 0.164 e. The number of hydrogen-bond donors (Lipinski definition) is 1. The summed E-state index contributed by atoms with van der Waals surface area (Å²) in [6.07, 6.45) is -0.751. The number of thiophene rings is 1. The van der Waals surface area contributed by atoms with Gasteiger partial charge in [0.2, 0.25) is 0 Å². The van der Waals surface area contributed by atoms with Crippen molar-refractivity contribution in [1.29, 1.82) is 0 Å². The molecule has 1 heterocycles. The molecule has 0 radical (unpaired) electrons. The molecule has 1 atom stereocenters. The molecule has 1 N–H and O–H groups in total. The molecule has 1 aromatic carbocycles. The van der Waals surface area contributed by atoms with Crippen LogP contribution in [0.5, 0.6) is 17.2 Å². The van der Waals surface area contributed by atoms with Gasteiger partial charge in [-0.25, -0.2) is 0 Å². The van der Waals surface area contributed by atoms with Gasteiger partial charge in [0, 0.05) is 21.4 Å². The zero-order chi connectivity index (χ0) is 15.6. The van der Waals surface area contributed by atoms with Gasteiger partial charge in [-0.15, -0.1) is 11.3 Å². The summed E-state index contributed by atoms with van der Waals surface area (Å²) in [5, 5.41) is 10.7. The molecular formula is C16H20O4S. The minimum absolute atomic E-state index is 0.568. The van der Waals surface area contributed by atoms with Crippen LogP contribution in [0.4, 0.5) is 0 Å². The summed E-state index contributed by atoms with van der Waals surface area (Å²) in [6, 6.07) is 5.56. The number of benzene rings is 1. The van der Waals surface area contributed by atoms with Crippen LogP contribution in [0.2, 0.25) is 0 Å².